The summed E-state index contributed by atoms with van der Waals surface area (Å²) in [5.41, 5.74) is 11.5. The first-order valence-electron chi connectivity index (χ1n) is 24.4. The normalized spacial score (nSPS) is 19.6. The Morgan fingerprint density at radius 1 is 0.441 bits per heavy atom. The van der Waals surface area contributed by atoms with Crippen molar-refractivity contribution in [3.63, 3.8) is 0 Å². The second kappa shape index (κ2) is 24.3. The highest BCUT2D eigenvalue weighted by molar-refractivity contribution is 9.11. The lowest BCUT2D eigenvalue weighted by Gasteiger charge is -2.28. The third kappa shape index (κ3) is 13.3. The summed E-state index contributed by atoms with van der Waals surface area (Å²) >= 11 is 8.29. The molecule has 2 aliphatic rings. The van der Waals surface area contributed by atoms with Crippen LogP contribution in [0.2, 0.25) is 0 Å². The average Bonchev–Trinajstić information content (AvgIpc) is 3.27. The van der Waals surface area contributed by atoms with Gasteiger partial charge in [-0.2, -0.15) is 0 Å². The third-order valence-electron chi connectivity index (χ3n) is 14.4. The van der Waals surface area contributed by atoms with Gasteiger partial charge >= 0.3 is 0 Å². The molecular formula is C56H76Br2O. The Kier molecular flexibility index (Phi) is 19.0. The minimum Gasteiger partial charge on any atom is -0.455 e. The largest absolute Gasteiger partial charge is 0.455 e. The zero-order valence-corrected chi connectivity index (χ0v) is 40.5. The molecule has 59 heavy (non-hydrogen) atoms. The van der Waals surface area contributed by atoms with E-state index >= 15 is 0 Å². The molecule has 0 saturated heterocycles. The van der Waals surface area contributed by atoms with E-state index in [0.717, 1.165) is 69.8 Å². The van der Waals surface area contributed by atoms with Gasteiger partial charge in [0.15, 0.2) is 0 Å². The van der Waals surface area contributed by atoms with Gasteiger partial charge in [0.2, 0.25) is 0 Å². The van der Waals surface area contributed by atoms with Crippen molar-refractivity contribution >= 4 is 31.9 Å². The molecule has 4 aromatic rings. The standard InChI is InChI=1S/C56H76Br2O/c1-5-9-11-13-15-17-49-35-37-53(55(57)51(49)39-43-23-31-47(32-24-43)45-27-19-41(7-3)20-28-45)59-54-38-36-50(18-16-14-12-10-6-2)52(56(54)58)40-44-25-33-48(34-26-44)46-29-21-42(8-4)22-30-46/h23-26,31-38,41-42,45-46H,5-22,27-30,39-40H2,1-4H3. The number of ether oxygens (including phenoxy) is 1. The maximum Gasteiger partial charge on any atom is 0.141 e. The number of halogens is 2. The van der Waals surface area contributed by atoms with Crippen LogP contribution in [0.3, 0.4) is 0 Å². The summed E-state index contributed by atoms with van der Waals surface area (Å²) in [4.78, 5) is 0. The Morgan fingerprint density at radius 3 is 1.17 bits per heavy atom. The van der Waals surface area contributed by atoms with Crippen molar-refractivity contribution in [2.24, 2.45) is 11.8 Å². The Hall–Kier alpha value is -2.36. The number of rotatable bonds is 22. The molecule has 0 heterocycles. The molecule has 0 aliphatic heterocycles. The summed E-state index contributed by atoms with van der Waals surface area (Å²) in [7, 11) is 0. The van der Waals surface area contributed by atoms with Crippen molar-refractivity contribution in [1.82, 2.24) is 0 Å². The average molecular weight is 925 g/mol. The molecule has 0 aromatic heterocycles. The topological polar surface area (TPSA) is 9.23 Å². The van der Waals surface area contributed by atoms with E-state index in [2.05, 4.69) is 132 Å². The van der Waals surface area contributed by atoms with E-state index in [4.69, 9.17) is 4.74 Å². The minimum absolute atomic E-state index is 0.722. The molecule has 0 unspecified atom stereocenters. The number of hydrogen-bond acceptors (Lipinski definition) is 1. The molecule has 0 spiro atoms. The second-order valence-electron chi connectivity index (χ2n) is 18.5. The van der Waals surface area contributed by atoms with Gasteiger partial charge in [0.1, 0.15) is 11.5 Å². The molecule has 3 heteroatoms. The summed E-state index contributed by atoms with van der Waals surface area (Å²) in [6.07, 6.45) is 30.5. The predicted molar refractivity (Wildman–Crippen MR) is 262 cm³/mol. The Labute approximate surface area is 377 Å². The molecule has 0 atom stereocenters. The summed E-state index contributed by atoms with van der Waals surface area (Å²) in [5.74, 6) is 5.11. The van der Waals surface area contributed by atoms with E-state index in [9.17, 15) is 0 Å². The van der Waals surface area contributed by atoms with E-state index < -0.39 is 0 Å². The summed E-state index contributed by atoms with van der Waals surface area (Å²) in [6.45, 7) is 9.32. The van der Waals surface area contributed by atoms with Gasteiger partial charge in [0.05, 0.1) is 8.95 Å². The van der Waals surface area contributed by atoms with Gasteiger partial charge in [-0.25, -0.2) is 0 Å². The molecular weight excluding hydrogens is 848 g/mol. The maximum absolute atomic E-state index is 6.96. The van der Waals surface area contributed by atoms with Crippen LogP contribution < -0.4 is 4.74 Å². The van der Waals surface area contributed by atoms with Crippen LogP contribution in [0, 0.1) is 11.8 Å². The minimum atomic E-state index is 0.722. The summed E-state index contributed by atoms with van der Waals surface area (Å²) < 4.78 is 9.16. The van der Waals surface area contributed by atoms with Gasteiger partial charge in [0, 0.05) is 0 Å². The van der Waals surface area contributed by atoms with Gasteiger partial charge in [0.25, 0.3) is 0 Å². The molecule has 2 fully saturated rings. The molecule has 0 radical (unpaired) electrons. The van der Waals surface area contributed by atoms with Crippen LogP contribution >= 0.6 is 31.9 Å². The van der Waals surface area contributed by atoms with Gasteiger partial charge in [-0.05, 0) is 202 Å². The van der Waals surface area contributed by atoms with Crippen molar-refractivity contribution in [2.45, 2.75) is 194 Å². The fourth-order valence-corrected chi connectivity index (χ4v) is 11.5. The number of aryl methyl sites for hydroxylation is 2. The molecule has 0 amide bonds. The van der Waals surface area contributed by atoms with Crippen LogP contribution in [0.5, 0.6) is 11.5 Å². The molecule has 2 aliphatic carbocycles. The second-order valence-corrected chi connectivity index (χ2v) is 20.1. The molecule has 6 rings (SSSR count). The van der Waals surface area contributed by atoms with Gasteiger partial charge in [-0.15, -0.1) is 0 Å². The first-order chi connectivity index (χ1) is 28.9. The number of hydrogen-bond donors (Lipinski definition) is 0. The fourth-order valence-electron chi connectivity index (χ4n) is 10.3. The van der Waals surface area contributed by atoms with Crippen LogP contribution in [0.1, 0.15) is 212 Å². The molecule has 0 N–H and O–H groups in total. The van der Waals surface area contributed by atoms with E-state index in [0.29, 0.717) is 0 Å². The lowest BCUT2D eigenvalue weighted by atomic mass is 9.77. The monoisotopic (exact) mass is 922 g/mol. The predicted octanol–water partition coefficient (Wildman–Crippen LogP) is 18.6. The Balaban J connectivity index is 1.23. The van der Waals surface area contributed by atoms with Gasteiger partial charge < -0.3 is 4.74 Å². The highest BCUT2D eigenvalue weighted by Crippen LogP contribution is 2.42. The zero-order chi connectivity index (χ0) is 41.4. The van der Waals surface area contributed by atoms with Crippen molar-refractivity contribution in [2.75, 3.05) is 0 Å². The smallest absolute Gasteiger partial charge is 0.141 e. The van der Waals surface area contributed by atoms with Crippen LogP contribution in [-0.4, -0.2) is 0 Å². The molecule has 0 bridgehead atoms. The Morgan fingerprint density at radius 2 is 0.814 bits per heavy atom. The van der Waals surface area contributed by atoms with Crippen LogP contribution in [0.4, 0.5) is 0 Å². The summed E-state index contributed by atoms with van der Waals surface area (Å²) in [6, 6.07) is 28.5. The van der Waals surface area contributed by atoms with E-state index in [1.807, 2.05) is 0 Å². The molecule has 320 valence electrons. The number of benzene rings is 4. The first-order valence-corrected chi connectivity index (χ1v) is 25.9. The van der Waals surface area contributed by atoms with Crippen LogP contribution in [-0.2, 0) is 25.7 Å². The van der Waals surface area contributed by atoms with Crippen molar-refractivity contribution in [1.29, 1.82) is 0 Å². The molecule has 1 nitrogen and oxygen atoms in total. The van der Waals surface area contributed by atoms with Crippen molar-refractivity contribution < 1.29 is 4.74 Å². The van der Waals surface area contributed by atoms with Crippen molar-refractivity contribution in [3.8, 4) is 11.5 Å². The maximum atomic E-state index is 6.96. The quantitative estimate of drug-likeness (QED) is 0.0714. The fraction of sp³-hybridized carbons (Fsp3) is 0.571. The Bertz CT molecular complexity index is 1690. The van der Waals surface area contributed by atoms with Gasteiger partial charge in [-0.3, -0.25) is 0 Å². The van der Waals surface area contributed by atoms with E-state index in [1.165, 1.54) is 173 Å². The lowest BCUT2D eigenvalue weighted by Crippen LogP contribution is -2.12. The lowest BCUT2D eigenvalue weighted by molar-refractivity contribution is 0.319. The SMILES string of the molecule is CCCCCCCc1ccc(Oc2ccc(CCCCCCC)c(Cc3ccc(C4CCC(CC)CC4)cc3)c2Br)c(Br)c1Cc1ccc(C2CCC(CC)CC2)cc1. The zero-order valence-electron chi connectivity index (χ0n) is 37.4. The van der Waals surface area contributed by atoms with Crippen LogP contribution in [0.25, 0.3) is 0 Å². The number of unbranched alkanes of at least 4 members (excludes halogenated alkanes) is 8. The molecule has 4 aromatic carbocycles. The first kappa shape index (κ1) is 46.2. The van der Waals surface area contributed by atoms with E-state index in [1.54, 1.807) is 0 Å². The highest BCUT2D eigenvalue weighted by Gasteiger charge is 2.23. The van der Waals surface area contributed by atoms with Gasteiger partial charge in [-0.1, -0.05) is 153 Å². The highest BCUT2D eigenvalue weighted by atomic mass is 79.9. The van der Waals surface area contributed by atoms with Crippen LogP contribution in [0.15, 0.2) is 81.7 Å². The third-order valence-corrected chi connectivity index (χ3v) is 16.2. The van der Waals surface area contributed by atoms with Crippen molar-refractivity contribution in [3.05, 3.63) is 126 Å². The van der Waals surface area contributed by atoms with E-state index in [-0.39, 0.29) is 0 Å². The summed E-state index contributed by atoms with van der Waals surface area (Å²) in [5, 5.41) is 0. The molecule has 2 saturated carbocycles.